The lowest BCUT2D eigenvalue weighted by Crippen LogP contribution is -2.54. The number of hydrogen-bond acceptors (Lipinski definition) is 3. The number of nitrogens with one attached hydrogen (secondary N) is 1. The number of aromatic nitrogens is 1. The fraction of sp³-hybridized carbons (Fsp3) is 0.381. The van der Waals surface area contributed by atoms with Crippen molar-refractivity contribution in [3.8, 4) is 0 Å². The molecule has 1 aliphatic heterocycles. The van der Waals surface area contributed by atoms with Gasteiger partial charge in [0.15, 0.2) is 0 Å². The fourth-order valence-corrected chi connectivity index (χ4v) is 3.18. The van der Waals surface area contributed by atoms with Crippen molar-refractivity contribution in [2.75, 3.05) is 19.6 Å². The van der Waals surface area contributed by atoms with E-state index in [1.165, 1.54) is 5.56 Å². The molecule has 0 spiro atoms. The molecule has 6 heteroatoms. The number of amides is 3. The summed E-state index contributed by atoms with van der Waals surface area (Å²) >= 11 is 0. The molecule has 1 aromatic carbocycles. The van der Waals surface area contributed by atoms with E-state index in [0.29, 0.717) is 19.6 Å². The SMILES string of the molecule is Cc1cccc(CN2CCN(C(=O)N[C@H](C)c3ccc(C)nc3)CC2=O)c1. The van der Waals surface area contributed by atoms with Crippen molar-refractivity contribution in [3.05, 3.63) is 65.0 Å². The molecule has 3 amide bonds. The molecule has 0 radical (unpaired) electrons. The van der Waals surface area contributed by atoms with Gasteiger partial charge in [0.2, 0.25) is 5.91 Å². The van der Waals surface area contributed by atoms with E-state index in [-0.39, 0.29) is 24.5 Å². The molecule has 27 heavy (non-hydrogen) atoms. The van der Waals surface area contributed by atoms with Crippen LogP contribution in [0, 0.1) is 13.8 Å². The van der Waals surface area contributed by atoms with E-state index >= 15 is 0 Å². The summed E-state index contributed by atoms with van der Waals surface area (Å²) in [6.07, 6.45) is 1.77. The largest absolute Gasteiger partial charge is 0.335 e. The van der Waals surface area contributed by atoms with E-state index in [1.54, 1.807) is 11.1 Å². The van der Waals surface area contributed by atoms with E-state index in [4.69, 9.17) is 0 Å². The van der Waals surface area contributed by atoms with Crippen molar-refractivity contribution in [2.45, 2.75) is 33.4 Å². The van der Waals surface area contributed by atoms with Gasteiger partial charge in [-0.1, -0.05) is 35.9 Å². The first kappa shape index (κ1) is 18.9. The summed E-state index contributed by atoms with van der Waals surface area (Å²) in [4.78, 5) is 32.7. The monoisotopic (exact) mass is 366 g/mol. The molecule has 1 atom stereocenters. The van der Waals surface area contributed by atoms with Crippen molar-refractivity contribution in [1.29, 1.82) is 0 Å². The maximum absolute atomic E-state index is 12.5. The minimum atomic E-state index is -0.216. The standard InChI is InChI=1S/C21H26N4O2/c1-15-5-4-6-18(11-15)13-24-9-10-25(14-20(24)26)21(27)23-17(3)19-8-7-16(2)22-12-19/h4-8,11-12,17H,9-10,13-14H2,1-3H3,(H,23,27)/t17-/m1/s1. The molecule has 1 aromatic heterocycles. The number of piperazine rings is 1. The lowest BCUT2D eigenvalue weighted by Gasteiger charge is -2.35. The molecule has 1 fully saturated rings. The molecule has 6 nitrogen and oxygen atoms in total. The molecule has 2 aromatic rings. The van der Waals surface area contributed by atoms with Crippen LogP contribution in [0.5, 0.6) is 0 Å². The van der Waals surface area contributed by atoms with Crippen LogP contribution in [0.3, 0.4) is 0 Å². The molecule has 0 saturated carbocycles. The molecule has 2 heterocycles. The summed E-state index contributed by atoms with van der Waals surface area (Å²) in [5.41, 5.74) is 4.17. The van der Waals surface area contributed by atoms with E-state index in [0.717, 1.165) is 16.8 Å². The van der Waals surface area contributed by atoms with Gasteiger partial charge in [-0.05, 0) is 38.0 Å². The van der Waals surface area contributed by atoms with Gasteiger partial charge in [0, 0.05) is 31.5 Å². The molecule has 0 aliphatic carbocycles. The van der Waals surface area contributed by atoms with Crippen LogP contribution in [0.1, 0.15) is 35.3 Å². The van der Waals surface area contributed by atoms with Crippen molar-refractivity contribution in [3.63, 3.8) is 0 Å². The van der Waals surface area contributed by atoms with Crippen LogP contribution in [0.25, 0.3) is 0 Å². The minimum Gasteiger partial charge on any atom is -0.335 e. The number of urea groups is 1. The quantitative estimate of drug-likeness (QED) is 0.905. The number of rotatable bonds is 4. The van der Waals surface area contributed by atoms with Gasteiger partial charge in [0.1, 0.15) is 6.54 Å². The number of carbonyl (C=O) groups is 2. The van der Waals surface area contributed by atoms with E-state index < -0.39 is 0 Å². The third kappa shape index (κ3) is 4.84. The van der Waals surface area contributed by atoms with E-state index in [9.17, 15) is 9.59 Å². The fourth-order valence-electron chi connectivity index (χ4n) is 3.18. The molecule has 1 N–H and O–H groups in total. The highest BCUT2D eigenvalue weighted by Crippen LogP contribution is 2.14. The average molecular weight is 366 g/mol. The number of carbonyl (C=O) groups excluding carboxylic acids is 2. The van der Waals surface area contributed by atoms with Gasteiger partial charge >= 0.3 is 6.03 Å². The van der Waals surface area contributed by atoms with Gasteiger partial charge in [-0.15, -0.1) is 0 Å². The minimum absolute atomic E-state index is 0.0254. The first-order valence-electron chi connectivity index (χ1n) is 9.23. The molecular weight excluding hydrogens is 340 g/mol. The molecule has 142 valence electrons. The van der Waals surface area contributed by atoms with Crippen molar-refractivity contribution >= 4 is 11.9 Å². The van der Waals surface area contributed by atoms with Crippen LogP contribution in [0.2, 0.25) is 0 Å². The maximum atomic E-state index is 12.5. The van der Waals surface area contributed by atoms with Gasteiger partial charge < -0.3 is 15.1 Å². The third-order valence-electron chi connectivity index (χ3n) is 4.84. The number of hydrogen-bond donors (Lipinski definition) is 1. The second-order valence-electron chi connectivity index (χ2n) is 7.13. The lowest BCUT2D eigenvalue weighted by atomic mass is 10.1. The average Bonchev–Trinajstić information content (AvgIpc) is 2.64. The Morgan fingerprint density at radius 2 is 2.04 bits per heavy atom. The predicted octanol–water partition coefficient (Wildman–Crippen LogP) is 2.81. The van der Waals surface area contributed by atoms with Gasteiger partial charge in [0.05, 0.1) is 6.04 Å². The van der Waals surface area contributed by atoms with Gasteiger partial charge in [-0.25, -0.2) is 4.79 Å². The molecule has 1 saturated heterocycles. The molecular formula is C21H26N4O2. The highest BCUT2D eigenvalue weighted by atomic mass is 16.2. The number of aryl methyl sites for hydroxylation is 2. The summed E-state index contributed by atoms with van der Waals surface area (Å²) in [5, 5.41) is 2.95. The summed E-state index contributed by atoms with van der Waals surface area (Å²) < 4.78 is 0. The predicted molar refractivity (Wildman–Crippen MR) is 104 cm³/mol. The Balaban J connectivity index is 1.54. The van der Waals surface area contributed by atoms with Gasteiger partial charge in [-0.3, -0.25) is 9.78 Å². The van der Waals surface area contributed by atoms with Crippen LogP contribution < -0.4 is 5.32 Å². The molecule has 1 aliphatic rings. The lowest BCUT2D eigenvalue weighted by molar-refractivity contribution is -0.135. The molecule has 3 rings (SSSR count). The van der Waals surface area contributed by atoms with E-state index in [2.05, 4.69) is 16.4 Å². The van der Waals surface area contributed by atoms with Gasteiger partial charge in [0.25, 0.3) is 0 Å². The Morgan fingerprint density at radius 1 is 1.22 bits per heavy atom. The number of pyridine rings is 1. The Kier molecular flexibility index (Phi) is 5.74. The first-order chi connectivity index (χ1) is 12.9. The second kappa shape index (κ2) is 8.20. The molecule has 0 bridgehead atoms. The second-order valence-corrected chi connectivity index (χ2v) is 7.13. The third-order valence-corrected chi connectivity index (χ3v) is 4.84. The summed E-state index contributed by atoms with van der Waals surface area (Å²) in [5.74, 6) is -0.0254. The van der Waals surface area contributed by atoms with Crippen molar-refractivity contribution in [2.24, 2.45) is 0 Å². The van der Waals surface area contributed by atoms with Crippen LogP contribution in [0.15, 0.2) is 42.6 Å². The van der Waals surface area contributed by atoms with E-state index in [1.807, 2.05) is 56.0 Å². The topological polar surface area (TPSA) is 65.5 Å². The van der Waals surface area contributed by atoms with Crippen LogP contribution in [-0.4, -0.2) is 46.4 Å². The summed E-state index contributed by atoms with van der Waals surface area (Å²) in [6, 6.07) is 11.7. The summed E-state index contributed by atoms with van der Waals surface area (Å²) in [6.45, 7) is 7.65. The molecule has 0 unspecified atom stereocenters. The number of benzene rings is 1. The van der Waals surface area contributed by atoms with Crippen LogP contribution in [-0.2, 0) is 11.3 Å². The normalized spacial score (nSPS) is 15.6. The van der Waals surface area contributed by atoms with Gasteiger partial charge in [-0.2, -0.15) is 0 Å². The number of nitrogens with zero attached hydrogens (tertiary/aromatic N) is 3. The first-order valence-corrected chi connectivity index (χ1v) is 9.23. The van der Waals surface area contributed by atoms with Crippen LogP contribution >= 0.6 is 0 Å². The maximum Gasteiger partial charge on any atom is 0.318 e. The zero-order valence-corrected chi connectivity index (χ0v) is 16.1. The zero-order chi connectivity index (χ0) is 19.4. The zero-order valence-electron chi connectivity index (χ0n) is 16.1. The van der Waals surface area contributed by atoms with Crippen LogP contribution in [0.4, 0.5) is 4.79 Å². The Morgan fingerprint density at radius 3 is 2.70 bits per heavy atom. The highest BCUT2D eigenvalue weighted by molar-refractivity contribution is 5.85. The Labute approximate surface area is 160 Å². The highest BCUT2D eigenvalue weighted by Gasteiger charge is 2.27. The Bertz CT molecular complexity index is 819. The van der Waals surface area contributed by atoms with Crippen molar-refractivity contribution < 1.29 is 9.59 Å². The Hall–Kier alpha value is -2.89. The smallest absolute Gasteiger partial charge is 0.318 e. The summed E-state index contributed by atoms with van der Waals surface area (Å²) in [7, 11) is 0. The van der Waals surface area contributed by atoms with Crippen molar-refractivity contribution in [1.82, 2.24) is 20.1 Å².